The first-order valence-electron chi connectivity index (χ1n) is 10.7. The lowest BCUT2D eigenvalue weighted by Crippen LogP contribution is -2.49. The Hall–Kier alpha value is -3.93. The van der Waals surface area contributed by atoms with Crippen molar-refractivity contribution in [3.63, 3.8) is 0 Å². The largest absolute Gasteiger partial charge is 0.477 e. The second-order valence-electron chi connectivity index (χ2n) is 7.87. The summed E-state index contributed by atoms with van der Waals surface area (Å²) in [4.78, 5) is 37.8. The fraction of sp³-hybridized carbons (Fsp3) is 0.348. The van der Waals surface area contributed by atoms with Crippen molar-refractivity contribution in [3.05, 3.63) is 65.5 Å². The number of nitrogens with zero attached hydrogens (tertiary/aromatic N) is 1. The van der Waals surface area contributed by atoms with Gasteiger partial charge in [-0.15, -0.1) is 0 Å². The van der Waals surface area contributed by atoms with Crippen molar-refractivity contribution < 1.29 is 28.3 Å². The second-order valence-corrected chi connectivity index (χ2v) is 7.87. The van der Waals surface area contributed by atoms with Gasteiger partial charge in [-0.05, 0) is 42.5 Å². The van der Waals surface area contributed by atoms with E-state index in [1.165, 1.54) is 0 Å². The van der Waals surface area contributed by atoms with E-state index in [9.17, 15) is 18.4 Å². The van der Waals surface area contributed by atoms with Crippen LogP contribution >= 0.6 is 0 Å². The number of rotatable bonds is 8. The van der Waals surface area contributed by atoms with Crippen molar-refractivity contribution >= 4 is 23.6 Å². The van der Waals surface area contributed by atoms with Crippen LogP contribution in [0.2, 0.25) is 0 Å². The maximum absolute atomic E-state index is 12.5. The van der Waals surface area contributed by atoms with Crippen LogP contribution in [0.4, 0.5) is 8.78 Å². The third kappa shape index (κ3) is 8.74. The average Bonchev–Trinajstić information content (AvgIpc) is 3.34. The number of nitrogens with two attached hydrogens (primary N) is 1. The van der Waals surface area contributed by atoms with Gasteiger partial charge in [0.1, 0.15) is 11.9 Å². The number of benzene rings is 1. The van der Waals surface area contributed by atoms with Crippen LogP contribution in [0.25, 0.3) is 0 Å². The lowest BCUT2D eigenvalue weighted by molar-refractivity contribution is -0.149. The maximum Gasteiger partial charge on any atom is 0.371 e. The lowest BCUT2D eigenvalue weighted by Gasteiger charge is -2.17. The molecular weight excluding hydrogens is 462 g/mol. The number of halogens is 2. The number of aliphatic carboxylic acids is 1. The number of pyridine rings is 1. The van der Waals surface area contributed by atoms with E-state index in [1.54, 1.807) is 31.5 Å². The van der Waals surface area contributed by atoms with Gasteiger partial charge >= 0.3 is 12.4 Å². The van der Waals surface area contributed by atoms with Crippen molar-refractivity contribution in [1.82, 2.24) is 20.9 Å². The number of aromatic nitrogens is 1. The Kier molecular flexibility index (Phi) is 10.2. The second kappa shape index (κ2) is 13.1. The molecule has 2 heterocycles. The Labute approximate surface area is 200 Å². The Morgan fingerprint density at radius 2 is 1.80 bits per heavy atom. The third-order valence-corrected chi connectivity index (χ3v) is 5.30. The molecule has 3 rings (SSSR count). The fourth-order valence-corrected chi connectivity index (χ4v) is 3.35. The molecule has 2 amide bonds. The highest BCUT2D eigenvalue weighted by atomic mass is 19.3. The van der Waals surface area contributed by atoms with Crippen molar-refractivity contribution in [2.45, 2.75) is 44.3 Å². The highest BCUT2D eigenvalue weighted by Crippen LogP contribution is 2.25. The van der Waals surface area contributed by atoms with Gasteiger partial charge in [0, 0.05) is 31.0 Å². The molecule has 10 nitrogen and oxygen atoms in total. The summed E-state index contributed by atoms with van der Waals surface area (Å²) in [5.74, 6) is -2.23. The molecule has 3 atom stereocenters. The van der Waals surface area contributed by atoms with Crippen LogP contribution in [-0.4, -0.2) is 58.8 Å². The number of carbonyl (C=O) groups is 3. The molecule has 1 aliphatic rings. The zero-order chi connectivity index (χ0) is 26.0. The predicted octanol–water partition coefficient (Wildman–Crippen LogP) is 0.968. The number of hydrogen-bond acceptors (Lipinski definition) is 6. The molecule has 1 saturated heterocycles. The maximum atomic E-state index is 12.5. The van der Waals surface area contributed by atoms with Gasteiger partial charge in [0.05, 0.1) is 6.04 Å². The molecule has 7 N–H and O–H groups in total. The van der Waals surface area contributed by atoms with E-state index in [1.807, 2.05) is 24.3 Å². The molecule has 188 valence electrons. The smallest absolute Gasteiger partial charge is 0.371 e. The summed E-state index contributed by atoms with van der Waals surface area (Å²) in [7, 11) is 0. The van der Waals surface area contributed by atoms with Crippen LogP contribution in [0, 0.1) is 5.41 Å². The Balaban J connectivity index is 0.000000641. The van der Waals surface area contributed by atoms with Crippen LogP contribution in [0.15, 0.2) is 48.8 Å². The lowest BCUT2D eigenvalue weighted by atomic mass is 9.97. The van der Waals surface area contributed by atoms with Crippen LogP contribution in [0.1, 0.15) is 36.0 Å². The highest BCUT2D eigenvalue weighted by Gasteiger charge is 2.31. The zero-order valence-electron chi connectivity index (χ0n) is 19.0. The first-order valence-corrected chi connectivity index (χ1v) is 10.7. The summed E-state index contributed by atoms with van der Waals surface area (Å²) in [6, 6.07) is 10.1. The molecule has 1 aliphatic heterocycles. The van der Waals surface area contributed by atoms with Crippen LogP contribution in [0.5, 0.6) is 0 Å². The molecule has 0 unspecified atom stereocenters. The molecule has 2 aromatic rings. The monoisotopic (exact) mass is 490 g/mol. The molecular formula is C23H28F2N6O4. The molecule has 0 bridgehead atoms. The summed E-state index contributed by atoms with van der Waals surface area (Å²) in [6.07, 6.45) is 0.961. The van der Waals surface area contributed by atoms with E-state index in [-0.39, 0.29) is 29.6 Å². The quantitative estimate of drug-likeness (QED) is 0.236. The summed E-state index contributed by atoms with van der Waals surface area (Å²) in [6.45, 7) is 2.73. The molecule has 1 aromatic heterocycles. The van der Waals surface area contributed by atoms with Crippen molar-refractivity contribution in [3.8, 4) is 0 Å². The number of hydrogen-bond donors (Lipinski definition) is 6. The number of carboxylic acids is 1. The minimum absolute atomic E-state index is 0.00334. The standard InChI is InChI=1S/C21H26N6O2.C2H2F2O2/c1-13(20(28)26-11-14-2-4-16(5-3-14)19(22)23)27-21(29)18-10-17(12-25-18)15-6-8-24-9-7-15;3-1(4)2(5)6/h2-9,13,17-18,25H,10-12H2,1H3,(H3,22,23)(H,26,28)(H,27,29);1H,(H,5,6)/t13-,17+,18+;/m0./s1. The van der Waals surface area contributed by atoms with Crippen molar-refractivity contribution in [1.29, 1.82) is 5.41 Å². The van der Waals surface area contributed by atoms with E-state index in [4.69, 9.17) is 21.0 Å². The van der Waals surface area contributed by atoms with Crippen LogP contribution < -0.4 is 21.7 Å². The van der Waals surface area contributed by atoms with Gasteiger partial charge in [0.25, 0.3) is 0 Å². The van der Waals surface area contributed by atoms with Gasteiger partial charge in [0.2, 0.25) is 11.8 Å². The first kappa shape index (κ1) is 27.3. The van der Waals surface area contributed by atoms with Crippen LogP contribution in [0.3, 0.4) is 0 Å². The number of carboxylic acid groups (broad SMARTS) is 1. The molecule has 0 saturated carbocycles. The summed E-state index contributed by atoms with van der Waals surface area (Å²) < 4.78 is 21.1. The van der Waals surface area contributed by atoms with E-state index >= 15 is 0 Å². The number of amidine groups is 1. The van der Waals surface area contributed by atoms with Gasteiger partial charge in [0.15, 0.2) is 0 Å². The SMILES string of the molecule is C[C@H](NC(=O)[C@H]1C[C@@H](c2ccncc2)CN1)C(=O)NCc1ccc(C(=N)N)cc1.O=C(O)C(F)F. The van der Waals surface area contributed by atoms with Gasteiger partial charge in [-0.1, -0.05) is 24.3 Å². The molecule has 12 heteroatoms. The Bertz CT molecular complexity index is 1020. The zero-order valence-corrected chi connectivity index (χ0v) is 19.0. The van der Waals surface area contributed by atoms with Crippen molar-refractivity contribution in [2.24, 2.45) is 5.73 Å². The summed E-state index contributed by atoms with van der Waals surface area (Å²) in [5.41, 5.74) is 8.11. The third-order valence-electron chi connectivity index (χ3n) is 5.30. The number of nitrogen functional groups attached to an aromatic ring is 1. The van der Waals surface area contributed by atoms with Crippen molar-refractivity contribution in [2.75, 3.05) is 6.54 Å². The molecule has 0 radical (unpaired) electrons. The summed E-state index contributed by atoms with van der Waals surface area (Å²) >= 11 is 0. The Morgan fingerprint density at radius 3 is 2.34 bits per heavy atom. The highest BCUT2D eigenvalue weighted by molar-refractivity contribution is 5.95. The normalized spacial score (nSPS) is 17.6. The number of alkyl halides is 2. The fourth-order valence-electron chi connectivity index (χ4n) is 3.35. The van der Waals surface area contributed by atoms with Gasteiger partial charge in [-0.25, -0.2) is 4.79 Å². The molecule has 35 heavy (non-hydrogen) atoms. The van der Waals surface area contributed by atoms with E-state index in [0.29, 0.717) is 18.5 Å². The molecule has 0 aliphatic carbocycles. The number of carbonyl (C=O) groups excluding carboxylic acids is 2. The van der Waals surface area contributed by atoms with E-state index in [0.717, 1.165) is 17.7 Å². The summed E-state index contributed by atoms with van der Waals surface area (Å²) in [5, 5.41) is 23.5. The number of nitrogens with one attached hydrogen (secondary N) is 4. The van der Waals surface area contributed by atoms with Gasteiger partial charge < -0.3 is 26.8 Å². The average molecular weight is 491 g/mol. The van der Waals surface area contributed by atoms with E-state index < -0.39 is 18.4 Å². The molecule has 1 aromatic carbocycles. The number of amides is 2. The minimum atomic E-state index is -3.23. The Morgan fingerprint density at radius 1 is 1.20 bits per heavy atom. The molecule has 0 spiro atoms. The van der Waals surface area contributed by atoms with Crippen LogP contribution in [-0.2, 0) is 20.9 Å². The topological polar surface area (TPSA) is 170 Å². The predicted molar refractivity (Wildman–Crippen MR) is 124 cm³/mol. The van der Waals surface area contributed by atoms with Gasteiger partial charge in [-0.2, -0.15) is 8.78 Å². The minimum Gasteiger partial charge on any atom is -0.477 e. The van der Waals surface area contributed by atoms with E-state index in [2.05, 4.69) is 20.9 Å². The van der Waals surface area contributed by atoms with Gasteiger partial charge in [-0.3, -0.25) is 20.0 Å². The first-order chi connectivity index (χ1) is 16.6. The molecule has 1 fully saturated rings.